The van der Waals surface area contributed by atoms with Crippen LogP contribution in [-0.2, 0) is 16.0 Å². The van der Waals surface area contributed by atoms with Crippen molar-refractivity contribution in [2.45, 2.75) is 51.0 Å². The Morgan fingerprint density at radius 3 is 2.54 bits per heavy atom. The van der Waals surface area contributed by atoms with Crippen LogP contribution in [0.4, 0.5) is 4.79 Å². The third-order valence-electron chi connectivity index (χ3n) is 5.92. The van der Waals surface area contributed by atoms with Crippen molar-refractivity contribution in [1.29, 1.82) is 0 Å². The molecule has 0 bridgehead atoms. The molecule has 1 aromatic rings. The first-order chi connectivity index (χ1) is 13.4. The van der Waals surface area contributed by atoms with E-state index < -0.39 is 11.6 Å². The Bertz CT molecular complexity index is 728. The second kappa shape index (κ2) is 8.63. The standard InChI is InChI=1S/C21H29N3O4/c1-21(16-6-4-3-5-7-16)19(26)24(20(27)23-21)14-18(25)22-13-12-15-8-10-17(28-2)11-9-15/h8-11,16H,3-7,12-14H2,1-2H3,(H,22,25)(H,23,27)/t21-/m1/s1. The molecule has 3 rings (SSSR count). The van der Waals surface area contributed by atoms with E-state index in [0.717, 1.165) is 41.9 Å². The van der Waals surface area contributed by atoms with Crippen molar-refractivity contribution in [3.8, 4) is 5.75 Å². The van der Waals surface area contributed by atoms with Crippen LogP contribution in [0.5, 0.6) is 5.75 Å². The van der Waals surface area contributed by atoms with Gasteiger partial charge in [0.2, 0.25) is 5.91 Å². The second-order valence-electron chi connectivity index (χ2n) is 7.81. The first-order valence-corrected chi connectivity index (χ1v) is 9.98. The number of hydrogen-bond acceptors (Lipinski definition) is 4. The van der Waals surface area contributed by atoms with Gasteiger partial charge in [0.1, 0.15) is 17.8 Å². The molecule has 152 valence electrons. The predicted octanol–water partition coefficient (Wildman–Crippen LogP) is 2.24. The zero-order valence-corrected chi connectivity index (χ0v) is 16.6. The number of methoxy groups -OCH3 is 1. The van der Waals surface area contributed by atoms with Crippen molar-refractivity contribution < 1.29 is 19.1 Å². The lowest BCUT2D eigenvalue weighted by Crippen LogP contribution is -2.51. The summed E-state index contributed by atoms with van der Waals surface area (Å²) in [6, 6.07) is 7.16. The van der Waals surface area contributed by atoms with E-state index in [1.807, 2.05) is 24.3 Å². The summed E-state index contributed by atoms with van der Waals surface area (Å²) in [5, 5.41) is 5.63. The fraction of sp³-hybridized carbons (Fsp3) is 0.571. The molecule has 0 aromatic heterocycles. The Kier molecular flexibility index (Phi) is 6.21. The topological polar surface area (TPSA) is 87.7 Å². The van der Waals surface area contributed by atoms with Gasteiger partial charge in [-0.25, -0.2) is 4.79 Å². The van der Waals surface area contributed by atoms with Crippen molar-refractivity contribution in [3.63, 3.8) is 0 Å². The average molecular weight is 387 g/mol. The number of urea groups is 1. The van der Waals surface area contributed by atoms with Crippen LogP contribution in [0.15, 0.2) is 24.3 Å². The molecule has 2 aliphatic rings. The number of nitrogens with one attached hydrogen (secondary N) is 2. The lowest BCUT2D eigenvalue weighted by Gasteiger charge is -2.34. The number of nitrogens with zero attached hydrogens (tertiary/aromatic N) is 1. The molecule has 1 aliphatic heterocycles. The highest BCUT2D eigenvalue weighted by molar-refractivity contribution is 6.09. The fourth-order valence-electron chi connectivity index (χ4n) is 4.15. The third-order valence-corrected chi connectivity index (χ3v) is 5.92. The van der Waals surface area contributed by atoms with Gasteiger partial charge in [-0.05, 0) is 49.8 Å². The Balaban J connectivity index is 1.50. The SMILES string of the molecule is COc1ccc(CCNC(=O)CN2C(=O)N[C@](C)(C3CCCCC3)C2=O)cc1. The molecule has 1 saturated carbocycles. The van der Waals surface area contributed by atoms with E-state index in [-0.39, 0.29) is 24.3 Å². The van der Waals surface area contributed by atoms with Crippen LogP contribution < -0.4 is 15.4 Å². The summed E-state index contributed by atoms with van der Waals surface area (Å²) in [6.07, 6.45) is 5.87. The minimum atomic E-state index is -0.888. The quantitative estimate of drug-likeness (QED) is 0.703. The molecule has 2 N–H and O–H groups in total. The summed E-state index contributed by atoms with van der Waals surface area (Å²) in [6.45, 7) is 2.00. The van der Waals surface area contributed by atoms with Gasteiger partial charge in [-0.15, -0.1) is 0 Å². The Labute approximate surface area is 165 Å². The lowest BCUT2D eigenvalue weighted by molar-refractivity contribution is -0.136. The molecule has 1 aliphatic carbocycles. The minimum Gasteiger partial charge on any atom is -0.497 e. The van der Waals surface area contributed by atoms with Crippen LogP contribution in [0, 0.1) is 5.92 Å². The number of carbonyl (C=O) groups excluding carboxylic acids is 3. The molecule has 7 nitrogen and oxygen atoms in total. The number of rotatable bonds is 7. The van der Waals surface area contributed by atoms with Gasteiger partial charge in [0.05, 0.1) is 7.11 Å². The monoisotopic (exact) mass is 387 g/mol. The van der Waals surface area contributed by atoms with Crippen molar-refractivity contribution in [2.24, 2.45) is 5.92 Å². The van der Waals surface area contributed by atoms with Gasteiger partial charge in [0.15, 0.2) is 0 Å². The summed E-state index contributed by atoms with van der Waals surface area (Å²) >= 11 is 0. The van der Waals surface area contributed by atoms with Crippen LogP contribution in [0.1, 0.15) is 44.6 Å². The molecule has 28 heavy (non-hydrogen) atoms. The molecule has 7 heteroatoms. The minimum absolute atomic E-state index is 0.140. The lowest BCUT2D eigenvalue weighted by atomic mass is 9.75. The molecule has 1 atom stereocenters. The summed E-state index contributed by atoms with van der Waals surface area (Å²) < 4.78 is 5.12. The van der Waals surface area contributed by atoms with E-state index in [4.69, 9.17) is 4.74 Å². The van der Waals surface area contributed by atoms with Gasteiger partial charge in [-0.1, -0.05) is 31.4 Å². The normalized spacial score (nSPS) is 22.9. The van der Waals surface area contributed by atoms with E-state index in [2.05, 4.69) is 10.6 Å². The smallest absolute Gasteiger partial charge is 0.325 e. The maximum atomic E-state index is 12.9. The molecule has 4 amide bonds. The predicted molar refractivity (Wildman–Crippen MR) is 105 cm³/mol. The van der Waals surface area contributed by atoms with Gasteiger partial charge < -0.3 is 15.4 Å². The number of hydrogen-bond donors (Lipinski definition) is 2. The molecule has 0 radical (unpaired) electrons. The number of ether oxygens (including phenoxy) is 1. The van der Waals surface area contributed by atoms with E-state index in [9.17, 15) is 14.4 Å². The fourth-order valence-corrected chi connectivity index (χ4v) is 4.15. The average Bonchev–Trinajstić information content (AvgIpc) is 2.93. The van der Waals surface area contributed by atoms with Crippen molar-refractivity contribution in [3.05, 3.63) is 29.8 Å². The second-order valence-corrected chi connectivity index (χ2v) is 7.81. The summed E-state index contributed by atoms with van der Waals surface area (Å²) in [5.41, 5.74) is 0.182. The maximum Gasteiger partial charge on any atom is 0.325 e. The van der Waals surface area contributed by atoms with Gasteiger partial charge in [-0.3, -0.25) is 14.5 Å². The van der Waals surface area contributed by atoms with E-state index >= 15 is 0 Å². The highest BCUT2D eigenvalue weighted by atomic mass is 16.5. The van der Waals surface area contributed by atoms with E-state index in [1.165, 1.54) is 6.42 Å². The molecule has 0 unspecified atom stereocenters. The van der Waals surface area contributed by atoms with E-state index in [1.54, 1.807) is 14.0 Å². The van der Waals surface area contributed by atoms with Gasteiger partial charge >= 0.3 is 6.03 Å². The number of carbonyl (C=O) groups is 3. The van der Waals surface area contributed by atoms with Gasteiger partial charge in [0.25, 0.3) is 5.91 Å². The highest BCUT2D eigenvalue weighted by Gasteiger charge is 2.52. The zero-order chi connectivity index (χ0) is 20.1. The van der Waals surface area contributed by atoms with Gasteiger partial charge in [0, 0.05) is 6.54 Å². The Morgan fingerprint density at radius 2 is 1.89 bits per heavy atom. The van der Waals surface area contributed by atoms with E-state index in [0.29, 0.717) is 13.0 Å². The molecule has 0 spiro atoms. The summed E-state index contributed by atoms with van der Waals surface area (Å²) in [7, 11) is 1.62. The zero-order valence-electron chi connectivity index (χ0n) is 16.6. The molecule has 1 saturated heterocycles. The Morgan fingerprint density at radius 1 is 1.21 bits per heavy atom. The molecular weight excluding hydrogens is 358 g/mol. The van der Waals surface area contributed by atoms with Crippen molar-refractivity contribution in [2.75, 3.05) is 20.2 Å². The van der Waals surface area contributed by atoms with Crippen molar-refractivity contribution >= 4 is 17.8 Å². The van der Waals surface area contributed by atoms with Gasteiger partial charge in [-0.2, -0.15) is 0 Å². The third kappa shape index (κ3) is 4.29. The van der Waals surface area contributed by atoms with Crippen LogP contribution in [0.25, 0.3) is 0 Å². The number of amides is 4. The van der Waals surface area contributed by atoms with Crippen LogP contribution in [-0.4, -0.2) is 48.5 Å². The van der Waals surface area contributed by atoms with Crippen LogP contribution >= 0.6 is 0 Å². The largest absolute Gasteiger partial charge is 0.497 e. The molecule has 1 heterocycles. The number of imide groups is 1. The van der Waals surface area contributed by atoms with Crippen LogP contribution in [0.2, 0.25) is 0 Å². The first-order valence-electron chi connectivity index (χ1n) is 9.98. The summed E-state index contributed by atoms with van der Waals surface area (Å²) in [5.74, 6) is 0.313. The number of benzene rings is 1. The molecular formula is C21H29N3O4. The van der Waals surface area contributed by atoms with Crippen LogP contribution in [0.3, 0.4) is 0 Å². The maximum absolute atomic E-state index is 12.9. The molecule has 1 aromatic carbocycles. The van der Waals surface area contributed by atoms with Crippen molar-refractivity contribution in [1.82, 2.24) is 15.5 Å². The first kappa shape index (κ1) is 20.2. The molecule has 2 fully saturated rings. The summed E-state index contributed by atoms with van der Waals surface area (Å²) in [4.78, 5) is 38.5. The highest BCUT2D eigenvalue weighted by Crippen LogP contribution is 2.36. The Hall–Kier alpha value is -2.57.